The van der Waals surface area contributed by atoms with Gasteiger partial charge in [0.05, 0.1) is 21.2 Å². The summed E-state index contributed by atoms with van der Waals surface area (Å²) in [6, 6.07) is 10.6. The molecule has 0 aliphatic carbocycles. The van der Waals surface area contributed by atoms with E-state index in [-0.39, 0.29) is 22.8 Å². The Morgan fingerprint density at radius 1 is 1.32 bits per heavy atom. The Morgan fingerprint density at radius 3 is 2.76 bits per heavy atom. The first-order valence-electron chi connectivity index (χ1n) is 7.37. The van der Waals surface area contributed by atoms with Crippen molar-refractivity contribution < 1.29 is 19.2 Å². The van der Waals surface area contributed by atoms with Crippen LogP contribution in [0.1, 0.15) is 22.8 Å². The largest absolute Gasteiger partial charge is 0.445 e. The van der Waals surface area contributed by atoms with E-state index in [4.69, 9.17) is 16.3 Å². The van der Waals surface area contributed by atoms with Crippen LogP contribution in [-0.2, 0) is 16.0 Å². The normalized spacial score (nSPS) is 18.9. The fourth-order valence-corrected chi connectivity index (χ4v) is 2.80. The predicted octanol–water partition coefficient (Wildman–Crippen LogP) is 3.36. The van der Waals surface area contributed by atoms with E-state index in [1.807, 2.05) is 0 Å². The number of ether oxygens (including phenoxy) is 1. The summed E-state index contributed by atoms with van der Waals surface area (Å²) in [5.74, 6) is -1.21. The molecule has 0 unspecified atom stereocenters. The number of esters is 1. The van der Waals surface area contributed by atoms with Crippen molar-refractivity contribution in [2.75, 3.05) is 5.32 Å². The van der Waals surface area contributed by atoms with Gasteiger partial charge in [-0.3, -0.25) is 14.9 Å². The van der Waals surface area contributed by atoms with Crippen molar-refractivity contribution in [2.24, 2.45) is 0 Å². The molecule has 3 rings (SSSR count). The lowest BCUT2D eigenvalue weighted by atomic mass is 9.89. The number of nitro groups is 1. The van der Waals surface area contributed by atoms with Gasteiger partial charge in [-0.05, 0) is 24.6 Å². The molecule has 25 heavy (non-hydrogen) atoms. The molecule has 1 heterocycles. The van der Waals surface area contributed by atoms with Crippen LogP contribution in [0.2, 0.25) is 5.02 Å². The summed E-state index contributed by atoms with van der Waals surface area (Å²) < 4.78 is 5.32. The summed E-state index contributed by atoms with van der Waals surface area (Å²) in [6.07, 6.45) is 0.188. The number of non-ortho nitro benzene ring substituents is 1. The van der Waals surface area contributed by atoms with E-state index in [1.165, 1.54) is 19.1 Å². The van der Waals surface area contributed by atoms with E-state index >= 15 is 0 Å². The SMILES string of the molecule is C[C@@]1(C(=O)Nc2cc([N+](=O)[O-])ccc2Cl)Cc2ccccc2C(=O)O1. The molecule has 0 bridgehead atoms. The highest BCUT2D eigenvalue weighted by atomic mass is 35.5. The van der Waals surface area contributed by atoms with Crippen molar-refractivity contribution in [3.63, 3.8) is 0 Å². The van der Waals surface area contributed by atoms with E-state index in [2.05, 4.69) is 5.32 Å². The molecule has 2 aromatic rings. The molecular weight excluding hydrogens is 348 g/mol. The maximum absolute atomic E-state index is 12.7. The number of cyclic esters (lactones) is 1. The Hall–Kier alpha value is -2.93. The molecule has 1 aliphatic rings. The van der Waals surface area contributed by atoms with Gasteiger partial charge in [-0.1, -0.05) is 29.8 Å². The number of nitrogens with one attached hydrogen (secondary N) is 1. The maximum atomic E-state index is 12.7. The topological polar surface area (TPSA) is 98.5 Å². The average Bonchev–Trinajstić information content (AvgIpc) is 2.56. The van der Waals surface area contributed by atoms with Gasteiger partial charge in [-0.2, -0.15) is 0 Å². The molecule has 128 valence electrons. The van der Waals surface area contributed by atoms with Crippen LogP contribution >= 0.6 is 11.6 Å². The fourth-order valence-electron chi connectivity index (χ4n) is 2.64. The number of benzene rings is 2. The van der Waals surface area contributed by atoms with Gasteiger partial charge in [-0.15, -0.1) is 0 Å². The number of hydrogen-bond acceptors (Lipinski definition) is 5. The first-order chi connectivity index (χ1) is 11.8. The smallest absolute Gasteiger partial charge is 0.339 e. The van der Waals surface area contributed by atoms with Gasteiger partial charge < -0.3 is 10.1 Å². The Bertz CT molecular complexity index is 898. The minimum atomic E-state index is -1.45. The molecule has 0 fully saturated rings. The third-order valence-corrected chi connectivity index (χ3v) is 4.30. The second-order valence-electron chi connectivity index (χ2n) is 5.83. The molecule has 7 nitrogen and oxygen atoms in total. The van der Waals surface area contributed by atoms with Crippen LogP contribution in [0.25, 0.3) is 0 Å². The molecule has 0 saturated carbocycles. The second-order valence-corrected chi connectivity index (χ2v) is 6.24. The molecule has 0 radical (unpaired) electrons. The van der Waals surface area contributed by atoms with Gasteiger partial charge in [0.2, 0.25) is 0 Å². The number of carbonyl (C=O) groups is 2. The lowest BCUT2D eigenvalue weighted by molar-refractivity contribution is -0.384. The third-order valence-electron chi connectivity index (χ3n) is 3.97. The molecule has 1 atom stereocenters. The van der Waals surface area contributed by atoms with E-state index in [0.717, 1.165) is 6.07 Å². The van der Waals surface area contributed by atoms with Gasteiger partial charge in [-0.25, -0.2) is 4.79 Å². The molecule has 0 spiro atoms. The van der Waals surface area contributed by atoms with Crippen LogP contribution in [0.3, 0.4) is 0 Å². The number of anilines is 1. The molecule has 0 saturated heterocycles. The minimum absolute atomic E-state index is 0.0806. The number of nitrogens with zero attached hydrogens (tertiary/aromatic N) is 1. The summed E-state index contributed by atoms with van der Waals surface area (Å²) in [4.78, 5) is 35.1. The van der Waals surface area contributed by atoms with Gasteiger partial charge in [0.15, 0.2) is 5.60 Å². The molecule has 1 aliphatic heterocycles. The van der Waals surface area contributed by atoms with Gasteiger partial charge in [0.1, 0.15) is 0 Å². The maximum Gasteiger partial charge on any atom is 0.339 e. The van der Waals surface area contributed by atoms with Crippen molar-refractivity contribution >= 4 is 34.9 Å². The number of rotatable bonds is 3. The first-order valence-corrected chi connectivity index (χ1v) is 7.74. The summed E-state index contributed by atoms with van der Waals surface area (Å²) in [5, 5.41) is 13.5. The molecule has 1 amide bonds. The van der Waals surface area contributed by atoms with Crippen molar-refractivity contribution in [2.45, 2.75) is 18.9 Å². The van der Waals surface area contributed by atoms with E-state index in [0.29, 0.717) is 11.1 Å². The Kier molecular flexibility index (Phi) is 4.18. The van der Waals surface area contributed by atoms with Gasteiger partial charge in [0, 0.05) is 18.6 Å². The van der Waals surface area contributed by atoms with Crippen LogP contribution in [0.5, 0.6) is 0 Å². The first kappa shape index (κ1) is 16.9. The Labute approximate surface area is 147 Å². The minimum Gasteiger partial charge on any atom is -0.445 e. The van der Waals surface area contributed by atoms with E-state index in [9.17, 15) is 19.7 Å². The quantitative estimate of drug-likeness (QED) is 0.514. The van der Waals surface area contributed by atoms with Crippen LogP contribution < -0.4 is 5.32 Å². The fraction of sp³-hybridized carbons (Fsp3) is 0.176. The summed E-state index contributed by atoms with van der Waals surface area (Å²) in [5.41, 5.74) is -0.463. The molecular formula is C17H13ClN2O5. The third kappa shape index (κ3) is 3.18. The number of halogens is 1. The highest BCUT2D eigenvalue weighted by Gasteiger charge is 2.42. The summed E-state index contributed by atoms with van der Waals surface area (Å²) >= 11 is 5.99. The lowest BCUT2D eigenvalue weighted by Gasteiger charge is -2.33. The highest BCUT2D eigenvalue weighted by molar-refractivity contribution is 6.33. The number of amides is 1. The number of hydrogen-bond donors (Lipinski definition) is 1. The molecule has 0 aromatic heterocycles. The predicted molar refractivity (Wildman–Crippen MR) is 90.7 cm³/mol. The van der Waals surface area contributed by atoms with Crippen molar-refractivity contribution in [3.05, 3.63) is 68.7 Å². The number of fused-ring (bicyclic) bond motifs is 1. The van der Waals surface area contributed by atoms with Gasteiger partial charge in [0.25, 0.3) is 11.6 Å². The van der Waals surface area contributed by atoms with E-state index in [1.54, 1.807) is 24.3 Å². The zero-order valence-corrected chi connectivity index (χ0v) is 13.9. The lowest BCUT2D eigenvalue weighted by Crippen LogP contribution is -2.48. The highest BCUT2D eigenvalue weighted by Crippen LogP contribution is 2.31. The summed E-state index contributed by atoms with van der Waals surface area (Å²) in [6.45, 7) is 1.49. The van der Waals surface area contributed by atoms with E-state index < -0.39 is 22.4 Å². The van der Waals surface area contributed by atoms with Gasteiger partial charge >= 0.3 is 5.97 Å². The van der Waals surface area contributed by atoms with Crippen LogP contribution in [0, 0.1) is 10.1 Å². The van der Waals surface area contributed by atoms with Crippen LogP contribution in [0.15, 0.2) is 42.5 Å². The average molecular weight is 361 g/mol. The van der Waals surface area contributed by atoms with Crippen LogP contribution in [-0.4, -0.2) is 22.4 Å². The second kappa shape index (κ2) is 6.18. The monoisotopic (exact) mass is 360 g/mol. The number of carbonyl (C=O) groups excluding carboxylic acids is 2. The van der Waals surface area contributed by atoms with Crippen molar-refractivity contribution in [1.82, 2.24) is 0 Å². The zero-order valence-electron chi connectivity index (χ0n) is 13.1. The Morgan fingerprint density at radius 2 is 2.04 bits per heavy atom. The molecule has 8 heteroatoms. The molecule has 1 N–H and O–H groups in total. The standard InChI is InChI=1S/C17H13ClN2O5/c1-17(9-10-4-2-3-5-12(10)15(21)25-17)16(22)19-14-8-11(20(23)24)6-7-13(14)18/h2-8H,9H2,1H3,(H,19,22)/t17-/m0/s1. The van der Waals surface area contributed by atoms with Crippen LogP contribution in [0.4, 0.5) is 11.4 Å². The molecule has 2 aromatic carbocycles. The Balaban J connectivity index is 1.88. The van der Waals surface area contributed by atoms with Crippen molar-refractivity contribution in [3.8, 4) is 0 Å². The van der Waals surface area contributed by atoms with Crippen molar-refractivity contribution in [1.29, 1.82) is 0 Å². The number of nitro benzene ring substituents is 1. The zero-order chi connectivity index (χ0) is 18.2. The summed E-state index contributed by atoms with van der Waals surface area (Å²) in [7, 11) is 0.